The van der Waals surface area contributed by atoms with Crippen molar-refractivity contribution >= 4 is 5.91 Å². The van der Waals surface area contributed by atoms with Crippen molar-refractivity contribution in [3.63, 3.8) is 0 Å². The fourth-order valence-corrected chi connectivity index (χ4v) is 2.62. The summed E-state index contributed by atoms with van der Waals surface area (Å²) in [5.41, 5.74) is -1.33. The molecule has 0 unspecified atom stereocenters. The van der Waals surface area contributed by atoms with Gasteiger partial charge in [-0.3, -0.25) is 4.79 Å². The molecule has 20 heavy (non-hydrogen) atoms. The Hall–Kier alpha value is -1.56. The van der Waals surface area contributed by atoms with Gasteiger partial charge in [-0.1, -0.05) is 0 Å². The van der Waals surface area contributed by atoms with E-state index in [2.05, 4.69) is 0 Å². The molecular weight excluding hydrogens is 271 g/mol. The highest BCUT2D eigenvalue weighted by Crippen LogP contribution is 2.44. The first-order chi connectivity index (χ1) is 9.29. The predicted octanol–water partition coefficient (Wildman–Crippen LogP) is 2.30. The van der Waals surface area contributed by atoms with E-state index in [1.165, 1.54) is 17.0 Å². The Morgan fingerprint density at radius 1 is 1.20 bits per heavy atom. The molecule has 1 amide bonds. The van der Waals surface area contributed by atoms with E-state index in [1.807, 2.05) is 0 Å². The van der Waals surface area contributed by atoms with Crippen LogP contribution in [0.3, 0.4) is 0 Å². The topological polar surface area (TPSA) is 40.5 Å². The van der Waals surface area contributed by atoms with Crippen LogP contribution >= 0.6 is 0 Å². The van der Waals surface area contributed by atoms with Gasteiger partial charge in [0.2, 0.25) is 0 Å². The minimum absolute atomic E-state index is 0.218. The number of carbonyl (C=O) groups is 1. The van der Waals surface area contributed by atoms with Crippen molar-refractivity contribution in [2.24, 2.45) is 5.92 Å². The van der Waals surface area contributed by atoms with Crippen molar-refractivity contribution in [1.82, 2.24) is 4.90 Å². The van der Waals surface area contributed by atoms with Crippen LogP contribution < -0.4 is 0 Å². The van der Waals surface area contributed by atoms with E-state index in [0.29, 0.717) is 0 Å². The van der Waals surface area contributed by atoms with Crippen LogP contribution in [-0.4, -0.2) is 34.6 Å². The number of likely N-dealkylation sites (tertiary alicyclic amines) is 1. The Kier molecular flexibility index (Phi) is 2.83. The third-order valence-electron chi connectivity index (χ3n) is 4.01. The van der Waals surface area contributed by atoms with Gasteiger partial charge in [0.15, 0.2) is 0 Å². The fraction of sp³-hybridized carbons (Fsp3) is 0.500. The van der Waals surface area contributed by atoms with Crippen LogP contribution in [0.15, 0.2) is 24.3 Å². The Morgan fingerprint density at radius 2 is 1.75 bits per heavy atom. The Labute approximate surface area is 114 Å². The molecule has 1 aromatic rings. The molecule has 1 aliphatic heterocycles. The Morgan fingerprint density at radius 3 is 2.20 bits per heavy atom. The number of nitrogens with zero attached hydrogens (tertiary/aromatic N) is 1. The molecule has 0 aromatic heterocycles. The summed E-state index contributed by atoms with van der Waals surface area (Å²) in [7, 11) is 0. The minimum atomic E-state index is -4.40. The second-order valence-electron chi connectivity index (χ2n) is 5.61. The number of hydrogen-bond acceptors (Lipinski definition) is 2. The van der Waals surface area contributed by atoms with Crippen LogP contribution in [0.25, 0.3) is 0 Å². The number of rotatable bonds is 2. The van der Waals surface area contributed by atoms with Gasteiger partial charge in [0, 0.05) is 5.56 Å². The van der Waals surface area contributed by atoms with E-state index >= 15 is 0 Å². The summed E-state index contributed by atoms with van der Waals surface area (Å²) in [6, 6.07) is 4.17. The first kappa shape index (κ1) is 13.4. The molecule has 2 fully saturated rings. The monoisotopic (exact) mass is 285 g/mol. The van der Waals surface area contributed by atoms with Gasteiger partial charge in [0.1, 0.15) is 5.60 Å². The van der Waals surface area contributed by atoms with Crippen molar-refractivity contribution in [3.8, 4) is 0 Å². The van der Waals surface area contributed by atoms with Gasteiger partial charge in [-0.2, -0.15) is 13.2 Å². The molecule has 0 spiro atoms. The summed E-state index contributed by atoms with van der Waals surface area (Å²) in [6.07, 6.45) is -2.43. The molecule has 1 N–H and O–H groups in total. The molecule has 0 atom stereocenters. The Bertz CT molecular complexity index is 528. The number of carbonyl (C=O) groups excluding carboxylic acids is 1. The average molecular weight is 285 g/mol. The molecule has 108 valence electrons. The van der Waals surface area contributed by atoms with Crippen LogP contribution in [0.2, 0.25) is 0 Å². The molecule has 3 nitrogen and oxygen atoms in total. The molecule has 1 saturated heterocycles. The van der Waals surface area contributed by atoms with E-state index in [1.54, 1.807) is 0 Å². The largest absolute Gasteiger partial charge is 0.416 e. The molecule has 0 radical (unpaired) electrons. The number of benzene rings is 1. The van der Waals surface area contributed by atoms with E-state index in [4.69, 9.17) is 0 Å². The van der Waals surface area contributed by atoms with Crippen LogP contribution in [0.4, 0.5) is 13.2 Å². The van der Waals surface area contributed by atoms with E-state index in [0.717, 1.165) is 25.0 Å². The van der Waals surface area contributed by atoms with Crippen LogP contribution in [0, 0.1) is 5.92 Å². The number of alkyl halides is 3. The van der Waals surface area contributed by atoms with Gasteiger partial charge < -0.3 is 10.0 Å². The third kappa shape index (κ3) is 2.28. The van der Waals surface area contributed by atoms with Crippen LogP contribution in [0.5, 0.6) is 0 Å². The maximum absolute atomic E-state index is 12.4. The van der Waals surface area contributed by atoms with Crippen molar-refractivity contribution < 1.29 is 23.1 Å². The summed E-state index contributed by atoms with van der Waals surface area (Å²) in [6.45, 7) is 0.551. The van der Waals surface area contributed by atoms with Gasteiger partial charge in [-0.05, 0) is 43.0 Å². The molecule has 1 aromatic carbocycles. The predicted molar refractivity (Wildman–Crippen MR) is 65.0 cm³/mol. The zero-order chi connectivity index (χ0) is 14.5. The van der Waals surface area contributed by atoms with E-state index < -0.39 is 17.3 Å². The van der Waals surface area contributed by atoms with Crippen molar-refractivity contribution in [1.29, 1.82) is 0 Å². The van der Waals surface area contributed by atoms with Gasteiger partial charge in [0.05, 0.1) is 18.7 Å². The normalized spacial score (nSPS) is 21.5. The molecular formula is C14H14F3NO2. The fourth-order valence-electron chi connectivity index (χ4n) is 2.62. The maximum atomic E-state index is 12.4. The quantitative estimate of drug-likeness (QED) is 0.905. The lowest BCUT2D eigenvalue weighted by molar-refractivity contribution is -0.137. The summed E-state index contributed by atoms with van der Waals surface area (Å²) >= 11 is 0. The van der Waals surface area contributed by atoms with Crippen molar-refractivity contribution in [2.75, 3.05) is 13.1 Å². The number of hydrogen-bond donors (Lipinski definition) is 1. The zero-order valence-corrected chi connectivity index (χ0v) is 10.7. The first-order valence-electron chi connectivity index (χ1n) is 6.48. The molecule has 2 aliphatic rings. The minimum Gasteiger partial charge on any atom is -0.386 e. The smallest absolute Gasteiger partial charge is 0.386 e. The molecule has 1 heterocycles. The van der Waals surface area contributed by atoms with E-state index in [-0.39, 0.29) is 30.5 Å². The van der Waals surface area contributed by atoms with Gasteiger partial charge in [-0.25, -0.2) is 0 Å². The SMILES string of the molecule is O=C(c1ccc(C(F)(F)F)cc1)N1CC(O)(C2CC2)C1. The van der Waals surface area contributed by atoms with Crippen molar-refractivity contribution in [3.05, 3.63) is 35.4 Å². The van der Waals surface area contributed by atoms with Gasteiger partial charge in [0.25, 0.3) is 5.91 Å². The maximum Gasteiger partial charge on any atom is 0.416 e. The highest BCUT2D eigenvalue weighted by atomic mass is 19.4. The summed E-state index contributed by atoms with van der Waals surface area (Å²) in [4.78, 5) is 13.5. The van der Waals surface area contributed by atoms with Crippen LogP contribution in [-0.2, 0) is 6.18 Å². The molecule has 1 saturated carbocycles. The lowest BCUT2D eigenvalue weighted by Crippen LogP contribution is -2.64. The number of halogens is 3. The standard InChI is InChI=1S/C14H14F3NO2/c15-14(16,17)11-3-1-9(2-4-11)12(19)18-7-13(20,8-18)10-5-6-10/h1-4,10,20H,5-8H2. The first-order valence-corrected chi connectivity index (χ1v) is 6.48. The highest BCUT2D eigenvalue weighted by molar-refractivity contribution is 5.95. The summed E-state index contributed by atoms with van der Waals surface area (Å²) in [5.74, 6) is -0.0526. The van der Waals surface area contributed by atoms with E-state index in [9.17, 15) is 23.1 Å². The van der Waals surface area contributed by atoms with Crippen molar-refractivity contribution in [2.45, 2.75) is 24.6 Å². The number of β-amino-alcohol motifs (C(OH)–C–C–N with tert-alkyl or cyclic N) is 1. The summed E-state index contributed by atoms with van der Waals surface area (Å²) in [5, 5.41) is 10.1. The lowest BCUT2D eigenvalue weighted by atomic mass is 9.88. The third-order valence-corrected chi connectivity index (χ3v) is 4.01. The second-order valence-corrected chi connectivity index (χ2v) is 5.61. The van der Waals surface area contributed by atoms with Crippen LogP contribution in [0.1, 0.15) is 28.8 Å². The average Bonchev–Trinajstić information content (AvgIpc) is 3.18. The molecule has 0 bridgehead atoms. The van der Waals surface area contributed by atoms with Gasteiger partial charge >= 0.3 is 6.18 Å². The molecule has 1 aliphatic carbocycles. The molecule has 3 rings (SSSR count). The lowest BCUT2D eigenvalue weighted by Gasteiger charge is -2.47. The number of aliphatic hydroxyl groups is 1. The number of amides is 1. The summed E-state index contributed by atoms with van der Waals surface area (Å²) < 4.78 is 37.3. The highest BCUT2D eigenvalue weighted by Gasteiger charge is 2.53. The Balaban J connectivity index is 1.66. The zero-order valence-electron chi connectivity index (χ0n) is 10.7. The molecule has 6 heteroatoms. The van der Waals surface area contributed by atoms with Gasteiger partial charge in [-0.15, -0.1) is 0 Å². The second kappa shape index (κ2) is 4.22.